The highest BCUT2D eigenvalue weighted by atomic mass is 32.2. The second-order valence-corrected chi connectivity index (χ2v) is 9.76. The van der Waals surface area contributed by atoms with Crippen molar-refractivity contribution in [1.29, 1.82) is 0 Å². The van der Waals surface area contributed by atoms with Crippen molar-refractivity contribution in [1.82, 2.24) is 14.9 Å². The Morgan fingerprint density at radius 2 is 1.97 bits per heavy atom. The summed E-state index contributed by atoms with van der Waals surface area (Å²) in [5, 5.41) is 12.6. The molecule has 1 aromatic rings. The number of carbonyl (C=O) groups is 1. The van der Waals surface area contributed by atoms with Crippen LogP contribution in [0.2, 0.25) is 0 Å². The first kappa shape index (κ1) is 25.0. The van der Waals surface area contributed by atoms with Crippen LogP contribution in [-0.4, -0.2) is 88.6 Å². The molecule has 3 rings (SSSR count). The summed E-state index contributed by atoms with van der Waals surface area (Å²) < 4.78 is 52.5. The van der Waals surface area contributed by atoms with E-state index in [-0.39, 0.29) is 12.3 Å². The standard InChI is InChI=1S/C21H32FN3O6S/c22-17-4-1-2-5-20(17)32(28,29)24-18-7-6-16(31-19(18)15-26)14-21(27)23-8-3-9-25-10-12-30-13-11-25/h1-2,4-5,16,18-19,24,26H,3,6-15H2,(H,23,27)/t16-,18+,19+/m0/s1. The molecule has 0 radical (unpaired) electrons. The van der Waals surface area contributed by atoms with Crippen molar-refractivity contribution in [2.24, 2.45) is 0 Å². The van der Waals surface area contributed by atoms with E-state index in [0.29, 0.717) is 19.4 Å². The van der Waals surface area contributed by atoms with Crippen LogP contribution >= 0.6 is 0 Å². The Morgan fingerprint density at radius 3 is 2.69 bits per heavy atom. The van der Waals surface area contributed by atoms with Crippen LogP contribution in [-0.2, 0) is 24.3 Å². The van der Waals surface area contributed by atoms with E-state index in [9.17, 15) is 22.7 Å². The second kappa shape index (κ2) is 12.0. The SMILES string of the molecule is O=C(C[C@@H]1CC[C@@H](NS(=O)(=O)c2ccccc2F)[C@@H](CO)O1)NCCCN1CCOCC1. The third kappa shape index (κ3) is 7.19. The zero-order chi connectivity index (χ0) is 23.0. The van der Waals surface area contributed by atoms with Crippen molar-refractivity contribution in [3.05, 3.63) is 30.1 Å². The molecule has 180 valence electrons. The Labute approximate surface area is 188 Å². The molecule has 0 bridgehead atoms. The van der Waals surface area contributed by atoms with E-state index in [4.69, 9.17) is 9.47 Å². The van der Waals surface area contributed by atoms with Gasteiger partial charge in [0.25, 0.3) is 0 Å². The number of amides is 1. The monoisotopic (exact) mass is 473 g/mol. The number of rotatable bonds is 10. The summed E-state index contributed by atoms with van der Waals surface area (Å²) in [5.41, 5.74) is 0. The lowest BCUT2D eigenvalue weighted by Crippen LogP contribution is -2.51. The first-order chi connectivity index (χ1) is 15.4. The maximum absolute atomic E-state index is 13.9. The molecule has 1 amide bonds. The molecule has 0 spiro atoms. The fraction of sp³-hybridized carbons (Fsp3) is 0.667. The van der Waals surface area contributed by atoms with Crippen LogP contribution in [0.3, 0.4) is 0 Å². The van der Waals surface area contributed by atoms with E-state index in [2.05, 4.69) is 14.9 Å². The normalized spacial score (nSPS) is 24.9. The molecular weight excluding hydrogens is 441 g/mol. The first-order valence-electron chi connectivity index (χ1n) is 11.0. The molecule has 3 N–H and O–H groups in total. The van der Waals surface area contributed by atoms with Gasteiger partial charge >= 0.3 is 0 Å². The van der Waals surface area contributed by atoms with Gasteiger partial charge in [0, 0.05) is 19.6 Å². The molecule has 0 unspecified atom stereocenters. The number of aliphatic hydroxyl groups is 1. The maximum Gasteiger partial charge on any atom is 0.243 e. The van der Waals surface area contributed by atoms with Crippen molar-refractivity contribution in [3.63, 3.8) is 0 Å². The average Bonchev–Trinajstić information content (AvgIpc) is 2.78. The van der Waals surface area contributed by atoms with Gasteiger partial charge in [-0.2, -0.15) is 0 Å². The Morgan fingerprint density at radius 1 is 1.22 bits per heavy atom. The number of aliphatic hydroxyl groups excluding tert-OH is 1. The third-order valence-corrected chi connectivity index (χ3v) is 7.24. The molecule has 2 fully saturated rings. The Kier molecular flexibility index (Phi) is 9.38. The predicted octanol–water partition coefficient (Wildman–Crippen LogP) is 0.241. The number of halogens is 1. The topological polar surface area (TPSA) is 117 Å². The Hall–Kier alpha value is -1.63. The number of nitrogens with one attached hydrogen (secondary N) is 2. The van der Waals surface area contributed by atoms with Gasteiger partial charge in [0.15, 0.2) is 0 Å². The van der Waals surface area contributed by atoms with Crippen LogP contribution in [0.1, 0.15) is 25.7 Å². The van der Waals surface area contributed by atoms with Gasteiger partial charge in [-0.3, -0.25) is 9.69 Å². The van der Waals surface area contributed by atoms with Crippen LogP contribution in [0.25, 0.3) is 0 Å². The number of benzene rings is 1. The van der Waals surface area contributed by atoms with E-state index in [1.807, 2.05) is 0 Å². The van der Waals surface area contributed by atoms with Gasteiger partial charge in [0.2, 0.25) is 15.9 Å². The lowest BCUT2D eigenvalue weighted by molar-refractivity contribution is -0.130. The predicted molar refractivity (Wildman–Crippen MR) is 115 cm³/mol. The van der Waals surface area contributed by atoms with Gasteiger partial charge in [-0.25, -0.2) is 17.5 Å². The highest BCUT2D eigenvalue weighted by Crippen LogP contribution is 2.24. The average molecular weight is 474 g/mol. The molecule has 2 aliphatic rings. The van der Waals surface area contributed by atoms with Crippen LogP contribution in [0.5, 0.6) is 0 Å². The van der Waals surface area contributed by atoms with Gasteiger partial charge in [0.1, 0.15) is 10.7 Å². The minimum Gasteiger partial charge on any atom is -0.394 e. The molecule has 3 atom stereocenters. The van der Waals surface area contributed by atoms with Crippen LogP contribution in [0, 0.1) is 5.82 Å². The van der Waals surface area contributed by atoms with E-state index in [0.717, 1.165) is 45.3 Å². The summed E-state index contributed by atoms with van der Waals surface area (Å²) in [6.07, 6.45) is 0.567. The van der Waals surface area contributed by atoms with Crippen molar-refractivity contribution in [2.45, 2.75) is 48.8 Å². The number of sulfonamides is 1. The molecular formula is C21H32FN3O6S. The first-order valence-corrected chi connectivity index (χ1v) is 12.5. The molecule has 0 aromatic heterocycles. The molecule has 0 saturated carbocycles. The van der Waals surface area contributed by atoms with Gasteiger partial charge in [-0.05, 0) is 37.9 Å². The van der Waals surface area contributed by atoms with Gasteiger partial charge in [-0.1, -0.05) is 12.1 Å². The van der Waals surface area contributed by atoms with Crippen LogP contribution in [0.15, 0.2) is 29.2 Å². The van der Waals surface area contributed by atoms with Gasteiger partial charge in [0.05, 0.1) is 44.5 Å². The maximum atomic E-state index is 13.9. The van der Waals surface area contributed by atoms with E-state index < -0.39 is 45.6 Å². The number of hydrogen-bond acceptors (Lipinski definition) is 7. The van der Waals surface area contributed by atoms with Crippen molar-refractivity contribution < 1.29 is 32.2 Å². The summed E-state index contributed by atoms with van der Waals surface area (Å²) in [4.78, 5) is 14.1. The Balaban J connectivity index is 1.42. The van der Waals surface area contributed by atoms with Gasteiger partial charge in [-0.15, -0.1) is 0 Å². The molecule has 9 nitrogen and oxygen atoms in total. The smallest absolute Gasteiger partial charge is 0.243 e. The lowest BCUT2D eigenvalue weighted by Gasteiger charge is -2.35. The summed E-state index contributed by atoms with van der Waals surface area (Å²) in [7, 11) is -4.11. The summed E-state index contributed by atoms with van der Waals surface area (Å²) in [6.45, 7) is 4.37. The van der Waals surface area contributed by atoms with Crippen LogP contribution < -0.4 is 10.0 Å². The third-order valence-electron chi connectivity index (χ3n) is 5.72. The highest BCUT2D eigenvalue weighted by Gasteiger charge is 2.35. The van der Waals surface area contributed by atoms with Crippen molar-refractivity contribution in [2.75, 3.05) is 46.0 Å². The zero-order valence-electron chi connectivity index (χ0n) is 18.0. The molecule has 2 saturated heterocycles. The largest absolute Gasteiger partial charge is 0.394 e. The van der Waals surface area contributed by atoms with E-state index in [1.54, 1.807) is 0 Å². The van der Waals surface area contributed by atoms with Gasteiger partial charge < -0.3 is 19.9 Å². The molecule has 1 aromatic carbocycles. The summed E-state index contributed by atoms with van der Waals surface area (Å²) in [5.74, 6) is -0.987. The number of hydrogen-bond donors (Lipinski definition) is 3. The molecule has 11 heteroatoms. The molecule has 32 heavy (non-hydrogen) atoms. The Bertz CT molecular complexity index is 850. The summed E-state index contributed by atoms with van der Waals surface area (Å²) in [6, 6.07) is 4.39. The van der Waals surface area contributed by atoms with Crippen molar-refractivity contribution in [3.8, 4) is 0 Å². The second-order valence-electron chi connectivity index (χ2n) is 8.08. The fourth-order valence-electron chi connectivity index (χ4n) is 3.98. The molecule has 2 heterocycles. The minimum atomic E-state index is -4.11. The highest BCUT2D eigenvalue weighted by molar-refractivity contribution is 7.89. The quantitative estimate of drug-likeness (QED) is 0.417. The molecule has 2 aliphatic heterocycles. The number of carbonyl (C=O) groups excluding carboxylic acids is 1. The minimum absolute atomic E-state index is 0.140. The van der Waals surface area contributed by atoms with Crippen molar-refractivity contribution >= 4 is 15.9 Å². The molecule has 0 aliphatic carbocycles. The van der Waals surface area contributed by atoms with E-state index >= 15 is 0 Å². The zero-order valence-corrected chi connectivity index (χ0v) is 18.9. The number of morpholine rings is 1. The van der Waals surface area contributed by atoms with Crippen LogP contribution in [0.4, 0.5) is 4.39 Å². The summed E-state index contributed by atoms with van der Waals surface area (Å²) >= 11 is 0. The van der Waals surface area contributed by atoms with E-state index in [1.165, 1.54) is 18.2 Å². The lowest BCUT2D eigenvalue weighted by atomic mass is 9.98. The fourth-order valence-corrected chi connectivity index (χ4v) is 5.35. The number of nitrogens with zero attached hydrogens (tertiary/aromatic N) is 1. The number of ether oxygens (including phenoxy) is 2.